The molecule has 2 heterocycles. The molecule has 2 aliphatic rings. The van der Waals surface area contributed by atoms with Crippen LogP contribution in [0.1, 0.15) is 5.56 Å². The number of benzene rings is 1. The second kappa shape index (κ2) is 9.35. The van der Waals surface area contributed by atoms with Gasteiger partial charge in [-0.2, -0.15) is 13.2 Å². The Balaban J connectivity index is 1.52. The van der Waals surface area contributed by atoms with Gasteiger partial charge in [0.05, 0.1) is 29.9 Å². The van der Waals surface area contributed by atoms with Crippen LogP contribution in [-0.4, -0.2) is 85.5 Å². The minimum Gasteiger partial charge on any atom is -0.495 e. The summed E-state index contributed by atoms with van der Waals surface area (Å²) < 4.78 is 44.4. The maximum absolute atomic E-state index is 13.1. The quantitative estimate of drug-likeness (QED) is 0.660. The van der Waals surface area contributed by atoms with Gasteiger partial charge in [-0.3, -0.25) is 14.5 Å². The molecule has 1 N–H and O–H groups in total. The van der Waals surface area contributed by atoms with Crippen LogP contribution in [0.15, 0.2) is 24.8 Å². The van der Waals surface area contributed by atoms with Crippen LogP contribution in [0.3, 0.4) is 0 Å². The molecule has 170 valence electrons. The number of ether oxygens (including phenoxy) is 1. The monoisotopic (exact) mass is 460 g/mol. The van der Waals surface area contributed by atoms with Crippen LogP contribution in [0.4, 0.5) is 18.9 Å². The highest BCUT2D eigenvalue weighted by Crippen LogP contribution is 2.40. The van der Waals surface area contributed by atoms with E-state index in [1.54, 1.807) is 9.80 Å². The fourth-order valence-electron chi connectivity index (χ4n) is 3.69. The first-order valence-corrected chi connectivity index (χ1v) is 10.1. The average molecular weight is 461 g/mol. The van der Waals surface area contributed by atoms with E-state index in [-0.39, 0.29) is 35.8 Å². The van der Waals surface area contributed by atoms with Gasteiger partial charge in [0.25, 0.3) is 0 Å². The maximum Gasteiger partial charge on any atom is 0.417 e. The largest absolute Gasteiger partial charge is 0.495 e. The third-order valence-corrected chi connectivity index (χ3v) is 5.87. The summed E-state index contributed by atoms with van der Waals surface area (Å²) in [5.74, 6) is -0.177. The van der Waals surface area contributed by atoms with Crippen molar-refractivity contribution in [2.75, 3.05) is 58.2 Å². The lowest BCUT2D eigenvalue weighted by Crippen LogP contribution is -2.64. The van der Waals surface area contributed by atoms with Crippen LogP contribution in [0.25, 0.3) is 0 Å². The van der Waals surface area contributed by atoms with Gasteiger partial charge < -0.3 is 19.9 Å². The highest BCUT2D eigenvalue weighted by Gasteiger charge is 2.36. The molecule has 0 aromatic heterocycles. The SMILES string of the molecule is C=CC(=O)N1CC(N2CCN(C(=O)CNc3cc(C(F)(F)F)c(Cl)cc3OC)CC2)C1. The van der Waals surface area contributed by atoms with Gasteiger partial charge in [-0.1, -0.05) is 18.2 Å². The second-order valence-electron chi connectivity index (χ2n) is 7.40. The molecular weight excluding hydrogens is 437 g/mol. The van der Waals surface area contributed by atoms with Gasteiger partial charge in [0.15, 0.2) is 0 Å². The number of hydrogen-bond donors (Lipinski definition) is 1. The molecule has 0 atom stereocenters. The molecule has 2 amide bonds. The first-order chi connectivity index (χ1) is 14.6. The highest BCUT2D eigenvalue weighted by atomic mass is 35.5. The Morgan fingerprint density at radius 2 is 1.87 bits per heavy atom. The van der Waals surface area contributed by atoms with E-state index >= 15 is 0 Å². The second-order valence-corrected chi connectivity index (χ2v) is 7.81. The average Bonchev–Trinajstić information content (AvgIpc) is 2.70. The number of nitrogens with zero attached hydrogens (tertiary/aromatic N) is 3. The Labute approximate surface area is 183 Å². The molecule has 0 spiro atoms. The molecule has 0 radical (unpaired) electrons. The fourth-order valence-corrected chi connectivity index (χ4v) is 3.95. The molecule has 11 heteroatoms. The van der Waals surface area contributed by atoms with Gasteiger partial charge in [0.2, 0.25) is 11.8 Å². The van der Waals surface area contributed by atoms with Crippen molar-refractivity contribution in [3.63, 3.8) is 0 Å². The van der Waals surface area contributed by atoms with Crippen LogP contribution >= 0.6 is 11.6 Å². The zero-order valence-electron chi connectivity index (χ0n) is 17.0. The molecular formula is C20H24ClF3N4O3. The lowest BCUT2D eigenvalue weighted by molar-refractivity contribution is -0.137. The van der Waals surface area contributed by atoms with Gasteiger partial charge in [-0.15, -0.1) is 0 Å². The van der Waals surface area contributed by atoms with Crippen molar-refractivity contribution in [1.29, 1.82) is 0 Å². The van der Waals surface area contributed by atoms with Crippen molar-refractivity contribution < 1.29 is 27.5 Å². The smallest absolute Gasteiger partial charge is 0.417 e. The Kier molecular flexibility index (Phi) is 7.00. The number of carbonyl (C=O) groups is 2. The molecule has 3 rings (SSSR count). The minimum atomic E-state index is -4.62. The standard InChI is InChI=1S/C20H24ClF3N4O3/c1-3-18(29)28-11-13(12-28)26-4-6-27(7-5-26)19(30)10-25-16-8-14(20(22,23)24)15(21)9-17(16)31-2/h3,8-9,13,25H,1,4-7,10-12H2,2H3. The van der Waals surface area contributed by atoms with Crippen LogP contribution in [0.2, 0.25) is 5.02 Å². The highest BCUT2D eigenvalue weighted by molar-refractivity contribution is 6.31. The van der Waals surface area contributed by atoms with Crippen LogP contribution in [0, 0.1) is 0 Å². The van der Waals surface area contributed by atoms with Crippen molar-refractivity contribution in [2.24, 2.45) is 0 Å². The first kappa shape index (κ1) is 23.2. The summed E-state index contributed by atoms with van der Waals surface area (Å²) >= 11 is 5.71. The number of methoxy groups -OCH3 is 1. The number of nitrogens with one attached hydrogen (secondary N) is 1. The van der Waals surface area contributed by atoms with E-state index in [4.69, 9.17) is 16.3 Å². The third-order valence-electron chi connectivity index (χ3n) is 5.56. The lowest BCUT2D eigenvalue weighted by Gasteiger charge is -2.47. The van der Waals surface area contributed by atoms with Crippen LogP contribution in [0.5, 0.6) is 5.75 Å². The number of anilines is 1. The molecule has 1 aromatic carbocycles. The summed E-state index contributed by atoms with van der Waals surface area (Å²) in [5.41, 5.74) is -0.948. The van der Waals surface area contributed by atoms with Crippen LogP contribution < -0.4 is 10.1 Å². The van der Waals surface area contributed by atoms with Gasteiger partial charge in [0, 0.05) is 51.4 Å². The van der Waals surface area contributed by atoms with Crippen molar-refractivity contribution >= 4 is 29.1 Å². The number of piperazine rings is 1. The summed E-state index contributed by atoms with van der Waals surface area (Å²) in [6.45, 7) is 6.99. The van der Waals surface area contributed by atoms with E-state index in [1.807, 2.05) is 0 Å². The molecule has 2 saturated heterocycles. The summed E-state index contributed by atoms with van der Waals surface area (Å²) in [4.78, 5) is 29.7. The van der Waals surface area contributed by atoms with Crippen molar-refractivity contribution in [2.45, 2.75) is 12.2 Å². The predicted octanol–water partition coefficient (Wildman–Crippen LogP) is 2.32. The molecule has 2 aliphatic heterocycles. The van der Waals surface area contributed by atoms with Crippen molar-refractivity contribution in [3.05, 3.63) is 35.4 Å². The number of alkyl halides is 3. The third kappa shape index (κ3) is 5.24. The Morgan fingerprint density at radius 3 is 2.42 bits per heavy atom. The number of amides is 2. The Bertz CT molecular complexity index is 851. The zero-order chi connectivity index (χ0) is 22.8. The summed E-state index contributed by atoms with van der Waals surface area (Å²) in [6, 6.07) is 2.20. The summed E-state index contributed by atoms with van der Waals surface area (Å²) in [7, 11) is 1.31. The van der Waals surface area contributed by atoms with Gasteiger partial charge in [0.1, 0.15) is 5.75 Å². The van der Waals surface area contributed by atoms with Crippen LogP contribution in [-0.2, 0) is 15.8 Å². The number of carbonyl (C=O) groups excluding carboxylic acids is 2. The molecule has 0 aliphatic carbocycles. The van der Waals surface area contributed by atoms with E-state index in [0.29, 0.717) is 39.3 Å². The molecule has 0 saturated carbocycles. The van der Waals surface area contributed by atoms with E-state index in [2.05, 4.69) is 16.8 Å². The van der Waals surface area contributed by atoms with Gasteiger partial charge in [-0.05, 0) is 12.1 Å². The minimum absolute atomic E-state index is 0.0488. The normalized spacial score (nSPS) is 17.8. The van der Waals surface area contributed by atoms with Crippen molar-refractivity contribution in [1.82, 2.24) is 14.7 Å². The number of rotatable bonds is 6. The lowest BCUT2D eigenvalue weighted by atomic mass is 10.1. The van der Waals surface area contributed by atoms with E-state index in [0.717, 1.165) is 12.1 Å². The molecule has 1 aromatic rings. The van der Waals surface area contributed by atoms with E-state index in [1.165, 1.54) is 13.2 Å². The number of likely N-dealkylation sites (tertiary alicyclic amines) is 1. The Hall–Kier alpha value is -2.46. The summed E-state index contributed by atoms with van der Waals surface area (Å²) in [5, 5.41) is 2.27. The molecule has 7 nitrogen and oxygen atoms in total. The number of halogens is 4. The maximum atomic E-state index is 13.1. The Morgan fingerprint density at radius 1 is 1.23 bits per heavy atom. The molecule has 0 bridgehead atoms. The zero-order valence-corrected chi connectivity index (χ0v) is 17.8. The molecule has 2 fully saturated rings. The predicted molar refractivity (Wildman–Crippen MR) is 110 cm³/mol. The van der Waals surface area contributed by atoms with Gasteiger partial charge in [-0.25, -0.2) is 0 Å². The molecule has 31 heavy (non-hydrogen) atoms. The first-order valence-electron chi connectivity index (χ1n) is 9.75. The van der Waals surface area contributed by atoms with E-state index < -0.39 is 16.8 Å². The van der Waals surface area contributed by atoms with E-state index in [9.17, 15) is 22.8 Å². The van der Waals surface area contributed by atoms with Gasteiger partial charge >= 0.3 is 6.18 Å². The summed E-state index contributed by atoms with van der Waals surface area (Å²) in [6.07, 6.45) is -3.32. The number of hydrogen-bond acceptors (Lipinski definition) is 5. The fraction of sp³-hybridized carbons (Fsp3) is 0.500. The topological polar surface area (TPSA) is 65.1 Å². The van der Waals surface area contributed by atoms with Crippen molar-refractivity contribution in [3.8, 4) is 5.75 Å². The molecule has 0 unspecified atom stereocenters.